The van der Waals surface area contributed by atoms with Crippen LogP contribution in [0.1, 0.15) is 13.3 Å². The summed E-state index contributed by atoms with van der Waals surface area (Å²) in [6, 6.07) is 0. The molecule has 0 radical (unpaired) electrons. The Kier molecular flexibility index (Phi) is 2.26. The van der Waals surface area contributed by atoms with E-state index in [1.165, 1.54) is 4.90 Å². The lowest BCUT2D eigenvalue weighted by atomic mass is 9.94. The molecule has 1 amide bonds. The summed E-state index contributed by atoms with van der Waals surface area (Å²) in [5, 5.41) is 8.92. The molecule has 5 heteroatoms. The highest BCUT2D eigenvalue weighted by Gasteiger charge is 2.50. The lowest BCUT2D eigenvalue weighted by molar-refractivity contribution is -0.152. The molecule has 0 spiro atoms. The van der Waals surface area contributed by atoms with Crippen molar-refractivity contribution in [2.45, 2.75) is 18.7 Å². The zero-order chi connectivity index (χ0) is 10.3. The first-order chi connectivity index (χ1) is 6.66. The van der Waals surface area contributed by atoms with Crippen LogP contribution in [0.25, 0.3) is 0 Å². The number of fused-ring (bicyclic) bond motifs is 1. The van der Waals surface area contributed by atoms with Crippen molar-refractivity contribution in [1.29, 1.82) is 0 Å². The summed E-state index contributed by atoms with van der Waals surface area (Å²) in [6.07, 6.45) is 2.40. The fraction of sp³-hybridized carbons (Fsp3) is 0.556. The minimum absolute atomic E-state index is 0.0167. The number of rotatable bonds is 2. The van der Waals surface area contributed by atoms with Gasteiger partial charge < -0.3 is 5.11 Å². The van der Waals surface area contributed by atoms with Crippen molar-refractivity contribution >= 4 is 23.6 Å². The largest absolute Gasteiger partial charge is 0.477 e. The Morgan fingerprint density at radius 1 is 1.79 bits per heavy atom. The molecule has 14 heavy (non-hydrogen) atoms. The average molecular weight is 213 g/mol. The summed E-state index contributed by atoms with van der Waals surface area (Å²) in [6.45, 7) is 1.96. The first kappa shape index (κ1) is 9.58. The fourth-order valence-electron chi connectivity index (χ4n) is 1.86. The molecule has 0 aromatic heterocycles. The number of amides is 1. The molecule has 4 nitrogen and oxygen atoms in total. The van der Waals surface area contributed by atoms with Crippen molar-refractivity contribution < 1.29 is 14.7 Å². The quantitative estimate of drug-likeness (QED) is 0.692. The van der Waals surface area contributed by atoms with Crippen molar-refractivity contribution in [1.82, 2.24) is 4.90 Å². The molecule has 0 aromatic rings. The topological polar surface area (TPSA) is 57.6 Å². The maximum Gasteiger partial charge on any atom is 0.352 e. The molecule has 1 fully saturated rings. The molecule has 2 heterocycles. The number of β-lactam (4-membered cyclic amide) rings is 1. The van der Waals surface area contributed by atoms with E-state index in [1.807, 2.05) is 6.92 Å². The molecule has 2 aliphatic rings. The average Bonchev–Trinajstić information content (AvgIpc) is 2.16. The Labute approximate surface area is 86.0 Å². The maximum atomic E-state index is 11.6. The second-order valence-electron chi connectivity index (χ2n) is 3.34. The lowest BCUT2D eigenvalue weighted by Gasteiger charge is -2.48. The van der Waals surface area contributed by atoms with E-state index in [2.05, 4.69) is 0 Å². The van der Waals surface area contributed by atoms with Gasteiger partial charge in [-0.1, -0.05) is 6.92 Å². The fourth-order valence-corrected chi connectivity index (χ4v) is 3.22. The van der Waals surface area contributed by atoms with E-state index in [4.69, 9.17) is 5.11 Å². The Morgan fingerprint density at radius 3 is 3.07 bits per heavy atom. The highest BCUT2D eigenvalue weighted by Crippen LogP contribution is 2.42. The van der Waals surface area contributed by atoms with Gasteiger partial charge in [0.2, 0.25) is 5.91 Å². The van der Waals surface area contributed by atoms with Gasteiger partial charge >= 0.3 is 5.97 Å². The van der Waals surface area contributed by atoms with Crippen LogP contribution in [-0.4, -0.2) is 33.0 Å². The number of thioether (sulfide) groups is 1. The van der Waals surface area contributed by atoms with E-state index in [1.54, 1.807) is 17.8 Å². The molecule has 1 unspecified atom stereocenters. The summed E-state index contributed by atoms with van der Waals surface area (Å²) in [4.78, 5) is 23.8. The number of carboxylic acids is 1. The van der Waals surface area contributed by atoms with Crippen molar-refractivity contribution in [2.75, 3.05) is 5.75 Å². The Morgan fingerprint density at radius 2 is 2.50 bits per heavy atom. The van der Waals surface area contributed by atoms with E-state index in [-0.39, 0.29) is 22.9 Å². The van der Waals surface area contributed by atoms with Crippen molar-refractivity contribution in [2.24, 2.45) is 5.92 Å². The van der Waals surface area contributed by atoms with Gasteiger partial charge in [-0.05, 0) is 12.5 Å². The number of aliphatic carboxylic acids is 1. The summed E-state index contributed by atoms with van der Waals surface area (Å²) in [7, 11) is 0. The van der Waals surface area contributed by atoms with Gasteiger partial charge in [0.05, 0.1) is 11.3 Å². The standard InChI is InChI=1S/C9H11NO3S/c1-2-5-7(11)10-6(9(12)13)3-4-14-8(5)10/h3,5,8H,2,4H2,1H3,(H,12,13)/t5?,8-/m0/s1. The van der Waals surface area contributed by atoms with E-state index < -0.39 is 5.97 Å². The smallest absolute Gasteiger partial charge is 0.352 e. The Hall–Kier alpha value is -0.970. The monoisotopic (exact) mass is 213 g/mol. The SMILES string of the molecule is CCC1C(=O)N2C(C(=O)O)=CCS[C@@H]12. The lowest BCUT2D eigenvalue weighted by Crippen LogP contribution is -2.60. The molecular formula is C9H11NO3S. The summed E-state index contributed by atoms with van der Waals surface area (Å²) >= 11 is 1.64. The van der Waals surface area contributed by atoms with Crippen LogP contribution in [0.3, 0.4) is 0 Å². The van der Waals surface area contributed by atoms with Gasteiger partial charge in [-0.3, -0.25) is 9.69 Å². The molecule has 0 saturated carbocycles. The van der Waals surface area contributed by atoms with Crippen LogP contribution in [0, 0.1) is 5.92 Å². The minimum Gasteiger partial charge on any atom is -0.477 e. The van der Waals surface area contributed by atoms with Gasteiger partial charge in [0.25, 0.3) is 0 Å². The molecule has 1 N–H and O–H groups in total. The zero-order valence-electron chi connectivity index (χ0n) is 7.77. The molecule has 0 bridgehead atoms. The second kappa shape index (κ2) is 3.31. The maximum absolute atomic E-state index is 11.6. The second-order valence-corrected chi connectivity index (χ2v) is 4.49. The number of carbonyl (C=O) groups excluding carboxylic acids is 1. The van der Waals surface area contributed by atoms with Crippen LogP contribution >= 0.6 is 11.8 Å². The first-order valence-electron chi connectivity index (χ1n) is 4.55. The van der Waals surface area contributed by atoms with Gasteiger partial charge in [0, 0.05) is 5.75 Å². The van der Waals surface area contributed by atoms with Gasteiger partial charge in [-0.25, -0.2) is 4.79 Å². The molecule has 1 saturated heterocycles. The van der Waals surface area contributed by atoms with Crippen molar-refractivity contribution in [3.8, 4) is 0 Å². The molecule has 2 rings (SSSR count). The van der Waals surface area contributed by atoms with Crippen LogP contribution in [0.2, 0.25) is 0 Å². The molecule has 0 aromatic carbocycles. The zero-order valence-corrected chi connectivity index (χ0v) is 8.58. The molecule has 2 aliphatic heterocycles. The van der Waals surface area contributed by atoms with Gasteiger partial charge in [-0.15, -0.1) is 11.8 Å². The Balaban J connectivity index is 2.23. The van der Waals surface area contributed by atoms with Gasteiger partial charge in [0.1, 0.15) is 5.70 Å². The van der Waals surface area contributed by atoms with Crippen LogP contribution in [-0.2, 0) is 9.59 Å². The summed E-state index contributed by atoms with van der Waals surface area (Å²) < 4.78 is 0. The number of hydrogen-bond donors (Lipinski definition) is 1. The summed E-state index contributed by atoms with van der Waals surface area (Å²) in [5.41, 5.74) is 0.156. The number of nitrogens with zero attached hydrogens (tertiary/aromatic N) is 1. The van der Waals surface area contributed by atoms with Crippen molar-refractivity contribution in [3.05, 3.63) is 11.8 Å². The van der Waals surface area contributed by atoms with E-state index in [0.717, 1.165) is 6.42 Å². The number of hydrogen-bond acceptors (Lipinski definition) is 3. The van der Waals surface area contributed by atoms with Crippen molar-refractivity contribution in [3.63, 3.8) is 0 Å². The molecule has 0 aliphatic carbocycles. The normalized spacial score (nSPS) is 30.5. The van der Waals surface area contributed by atoms with Crippen LogP contribution in [0.5, 0.6) is 0 Å². The first-order valence-corrected chi connectivity index (χ1v) is 5.59. The minimum atomic E-state index is -1.00. The van der Waals surface area contributed by atoms with Crippen LogP contribution in [0.4, 0.5) is 0 Å². The number of carbonyl (C=O) groups is 2. The van der Waals surface area contributed by atoms with E-state index in [0.29, 0.717) is 5.75 Å². The third-order valence-electron chi connectivity index (χ3n) is 2.62. The highest BCUT2D eigenvalue weighted by atomic mass is 32.2. The van der Waals surface area contributed by atoms with Crippen LogP contribution < -0.4 is 0 Å². The third kappa shape index (κ3) is 1.15. The predicted molar refractivity (Wildman–Crippen MR) is 52.6 cm³/mol. The highest BCUT2D eigenvalue weighted by molar-refractivity contribution is 8.00. The molecule has 76 valence electrons. The Bertz CT molecular complexity index is 326. The van der Waals surface area contributed by atoms with E-state index in [9.17, 15) is 9.59 Å². The molecular weight excluding hydrogens is 202 g/mol. The van der Waals surface area contributed by atoms with Crippen LogP contribution in [0.15, 0.2) is 11.8 Å². The van der Waals surface area contributed by atoms with Gasteiger partial charge in [-0.2, -0.15) is 0 Å². The molecule has 2 atom stereocenters. The predicted octanol–water partition coefficient (Wildman–Crippen LogP) is 0.896. The van der Waals surface area contributed by atoms with Gasteiger partial charge in [0.15, 0.2) is 0 Å². The van der Waals surface area contributed by atoms with E-state index >= 15 is 0 Å². The third-order valence-corrected chi connectivity index (χ3v) is 3.86. The number of carboxylic acid groups (broad SMARTS) is 1. The summed E-state index contributed by atoms with van der Waals surface area (Å²) in [5.74, 6) is -0.341.